The van der Waals surface area contributed by atoms with Crippen LogP contribution in [0.5, 0.6) is 5.75 Å². The summed E-state index contributed by atoms with van der Waals surface area (Å²) in [5, 5.41) is 14.6. The van der Waals surface area contributed by atoms with Crippen molar-refractivity contribution >= 4 is 51.8 Å². The standard InChI is InChI=1S/C35H40N12O5/c1-6-46-26(17-21(3)42-46)32(49)40-34-39-25-19-23(30(36)48)20-28(52-16-15-51-5)29(25)44(34)13-8-9-14-45-31-24(11-10-12-37-31)38-35(45)41-33(50)27-18-22(4)43-47(27)7-2/h8-12,17-20H,6-7,13-16H2,1-5H3,(H2,36,48)(H,38,41,50)(H,39,40,49)/b9-8+. The summed E-state index contributed by atoms with van der Waals surface area (Å²) in [7, 11) is 1.56. The summed E-state index contributed by atoms with van der Waals surface area (Å²) in [6.45, 7) is 9.51. The van der Waals surface area contributed by atoms with Gasteiger partial charge in [-0.05, 0) is 64.1 Å². The van der Waals surface area contributed by atoms with Gasteiger partial charge in [0.05, 0.1) is 23.5 Å². The number of nitrogens with zero attached hydrogens (tertiary/aromatic N) is 9. The number of primary amides is 1. The first kappa shape index (κ1) is 35.5. The first-order chi connectivity index (χ1) is 25.1. The maximum Gasteiger partial charge on any atom is 0.276 e. The monoisotopic (exact) mass is 708 g/mol. The summed E-state index contributed by atoms with van der Waals surface area (Å²) >= 11 is 0. The highest BCUT2D eigenvalue weighted by Gasteiger charge is 2.22. The van der Waals surface area contributed by atoms with Gasteiger partial charge in [0.25, 0.3) is 11.8 Å². The van der Waals surface area contributed by atoms with Crippen LogP contribution in [0.25, 0.3) is 22.2 Å². The summed E-state index contributed by atoms with van der Waals surface area (Å²) in [6.07, 6.45) is 5.44. The highest BCUT2D eigenvalue weighted by molar-refractivity contribution is 6.04. The van der Waals surface area contributed by atoms with Crippen LogP contribution in [0.2, 0.25) is 0 Å². The number of methoxy groups -OCH3 is 1. The summed E-state index contributed by atoms with van der Waals surface area (Å²) in [4.78, 5) is 53.0. The number of rotatable bonds is 15. The van der Waals surface area contributed by atoms with Crippen molar-refractivity contribution in [1.82, 2.24) is 43.6 Å². The number of hydrogen-bond donors (Lipinski definition) is 3. The molecule has 0 saturated carbocycles. The first-order valence-electron chi connectivity index (χ1n) is 16.7. The van der Waals surface area contributed by atoms with Gasteiger partial charge in [-0.2, -0.15) is 10.2 Å². The number of hydrogen-bond acceptors (Lipinski definition) is 10. The second-order valence-electron chi connectivity index (χ2n) is 11.8. The van der Waals surface area contributed by atoms with E-state index in [1.54, 1.807) is 62.1 Å². The Morgan fingerprint density at radius 2 is 1.42 bits per heavy atom. The Hall–Kier alpha value is -6.36. The number of carbonyl (C=O) groups excluding carboxylic acids is 3. The zero-order valence-corrected chi connectivity index (χ0v) is 29.6. The van der Waals surface area contributed by atoms with E-state index in [4.69, 9.17) is 20.2 Å². The van der Waals surface area contributed by atoms with Gasteiger partial charge in [-0.15, -0.1) is 0 Å². The molecule has 0 aliphatic carbocycles. The molecule has 17 heteroatoms. The Balaban J connectivity index is 1.35. The quantitative estimate of drug-likeness (QED) is 0.104. The van der Waals surface area contributed by atoms with E-state index in [9.17, 15) is 14.4 Å². The predicted octanol–water partition coefficient (Wildman–Crippen LogP) is 3.72. The van der Waals surface area contributed by atoms with Crippen LogP contribution in [0.15, 0.2) is 54.7 Å². The molecule has 0 bridgehead atoms. The third-order valence-corrected chi connectivity index (χ3v) is 8.20. The lowest BCUT2D eigenvalue weighted by Gasteiger charge is -2.13. The van der Waals surface area contributed by atoms with Crippen LogP contribution in [0.3, 0.4) is 0 Å². The molecule has 0 fully saturated rings. The van der Waals surface area contributed by atoms with E-state index in [0.29, 0.717) is 77.2 Å². The molecule has 5 aromatic heterocycles. The van der Waals surface area contributed by atoms with E-state index >= 15 is 0 Å². The average molecular weight is 709 g/mol. The minimum atomic E-state index is -0.654. The first-order valence-corrected chi connectivity index (χ1v) is 16.7. The van der Waals surface area contributed by atoms with Crippen LogP contribution in [-0.4, -0.2) is 81.7 Å². The lowest BCUT2D eigenvalue weighted by Crippen LogP contribution is -2.20. The van der Waals surface area contributed by atoms with Crippen LogP contribution in [0.4, 0.5) is 11.9 Å². The molecule has 6 rings (SSSR count). The van der Waals surface area contributed by atoms with Crippen LogP contribution >= 0.6 is 0 Å². The normalized spacial score (nSPS) is 11.6. The molecule has 0 atom stereocenters. The highest BCUT2D eigenvalue weighted by atomic mass is 16.5. The minimum Gasteiger partial charge on any atom is -0.489 e. The Bertz CT molecular complexity index is 2310. The Morgan fingerprint density at radius 1 is 0.827 bits per heavy atom. The molecule has 0 radical (unpaired) electrons. The van der Waals surface area contributed by atoms with Crippen molar-refractivity contribution < 1.29 is 23.9 Å². The minimum absolute atomic E-state index is 0.194. The number of nitrogens with one attached hydrogen (secondary N) is 2. The third kappa shape index (κ3) is 7.25. The zero-order chi connectivity index (χ0) is 36.9. The molecule has 1 aromatic carbocycles. The summed E-state index contributed by atoms with van der Waals surface area (Å²) < 4.78 is 18.0. The third-order valence-electron chi connectivity index (χ3n) is 8.20. The number of carbonyl (C=O) groups is 3. The number of aromatic nitrogens is 9. The van der Waals surface area contributed by atoms with Crippen molar-refractivity contribution in [1.29, 1.82) is 0 Å². The largest absolute Gasteiger partial charge is 0.489 e. The molecule has 52 heavy (non-hydrogen) atoms. The summed E-state index contributed by atoms with van der Waals surface area (Å²) in [5.74, 6) is -0.522. The van der Waals surface area contributed by atoms with Gasteiger partial charge >= 0.3 is 0 Å². The topological polar surface area (TPSA) is 204 Å². The fraction of sp³-hybridized carbons (Fsp3) is 0.314. The van der Waals surface area contributed by atoms with Crippen molar-refractivity contribution in [3.05, 3.63) is 83.1 Å². The van der Waals surface area contributed by atoms with Crippen molar-refractivity contribution in [3.8, 4) is 5.75 Å². The van der Waals surface area contributed by atoms with E-state index in [-0.39, 0.29) is 30.6 Å². The molecule has 0 saturated heterocycles. The smallest absolute Gasteiger partial charge is 0.276 e. The summed E-state index contributed by atoms with van der Waals surface area (Å²) in [6, 6.07) is 10.1. The molecule has 5 heterocycles. The molecule has 0 unspecified atom stereocenters. The molecule has 270 valence electrons. The SMILES string of the molecule is CCn1nc(C)cc1C(=O)Nc1nc2cccnc2n1C/C=C/Cn1c(NC(=O)c2cc(C)nn2CC)nc2cc(C(N)=O)cc(OCCOC)c21. The lowest BCUT2D eigenvalue weighted by atomic mass is 10.1. The molecule has 17 nitrogen and oxygen atoms in total. The van der Waals surface area contributed by atoms with Gasteiger partial charge < -0.3 is 19.8 Å². The van der Waals surface area contributed by atoms with Crippen molar-refractivity contribution in [2.45, 2.75) is 53.9 Å². The molecule has 0 aliphatic rings. The maximum absolute atomic E-state index is 13.6. The van der Waals surface area contributed by atoms with E-state index in [0.717, 1.165) is 5.69 Å². The van der Waals surface area contributed by atoms with Crippen molar-refractivity contribution in [2.24, 2.45) is 5.73 Å². The van der Waals surface area contributed by atoms with Crippen LogP contribution in [0, 0.1) is 13.8 Å². The molecule has 0 aliphatic heterocycles. The number of allylic oxidation sites excluding steroid dienone is 2. The van der Waals surface area contributed by atoms with Gasteiger partial charge in [0.1, 0.15) is 34.8 Å². The number of amides is 3. The van der Waals surface area contributed by atoms with Crippen LogP contribution < -0.4 is 21.1 Å². The number of pyridine rings is 1. The van der Waals surface area contributed by atoms with E-state index < -0.39 is 11.8 Å². The second kappa shape index (κ2) is 15.3. The average Bonchev–Trinajstić information content (AvgIpc) is 3.89. The van der Waals surface area contributed by atoms with E-state index in [2.05, 4.69) is 30.8 Å². The molecule has 6 aromatic rings. The Kier molecular flexibility index (Phi) is 10.4. The number of ether oxygens (including phenoxy) is 2. The van der Waals surface area contributed by atoms with Gasteiger partial charge in [0.15, 0.2) is 5.65 Å². The number of anilines is 2. The van der Waals surface area contributed by atoms with Crippen LogP contribution in [0.1, 0.15) is 56.6 Å². The van der Waals surface area contributed by atoms with Gasteiger partial charge in [0.2, 0.25) is 17.8 Å². The van der Waals surface area contributed by atoms with Crippen molar-refractivity contribution in [2.75, 3.05) is 31.0 Å². The number of fused-ring (bicyclic) bond motifs is 2. The zero-order valence-electron chi connectivity index (χ0n) is 29.6. The van der Waals surface area contributed by atoms with E-state index in [1.165, 1.54) is 0 Å². The number of aryl methyl sites for hydroxylation is 4. The second-order valence-corrected chi connectivity index (χ2v) is 11.8. The number of benzene rings is 1. The molecule has 0 spiro atoms. The molecular formula is C35H40N12O5. The predicted molar refractivity (Wildman–Crippen MR) is 193 cm³/mol. The van der Waals surface area contributed by atoms with Gasteiger partial charge in [-0.3, -0.25) is 38.9 Å². The van der Waals surface area contributed by atoms with Gasteiger partial charge in [-0.25, -0.2) is 15.0 Å². The van der Waals surface area contributed by atoms with Gasteiger partial charge in [0, 0.05) is 45.0 Å². The lowest BCUT2D eigenvalue weighted by molar-refractivity contribution is 0.0994. The molecule has 4 N–H and O–H groups in total. The number of imidazole rings is 2. The van der Waals surface area contributed by atoms with Gasteiger partial charge in [-0.1, -0.05) is 12.2 Å². The Morgan fingerprint density at radius 3 is 2.02 bits per heavy atom. The fourth-order valence-corrected chi connectivity index (χ4v) is 5.85. The fourth-order valence-electron chi connectivity index (χ4n) is 5.85. The van der Waals surface area contributed by atoms with E-state index in [1.807, 2.05) is 45.9 Å². The Labute approximate surface area is 298 Å². The van der Waals surface area contributed by atoms with Crippen molar-refractivity contribution in [3.63, 3.8) is 0 Å². The molecular weight excluding hydrogens is 668 g/mol. The highest BCUT2D eigenvalue weighted by Crippen LogP contribution is 2.31. The van der Waals surface area contributed by atoms with Crippen LogP contribution in [-0.2, 0) is 30.9 Å². The maximum atomic E-state index is 13.6. The molecule has 3 amide bonds. The summed E-state index contributed by atoms with van der Waals surface area (Å²) in [5.41, 5.74) is 10.2. The number of nitrogens with two attached hydrogens (primary N) is 1.